The summed E-state index contributed by atoms with van der Waals surface area (Å²) in [6.45, 7) is 0. The highest BCUT2D eigenvalue weighted by Gasteiger charge is 2.32. The Balaban J connectivity index is 2.42. The molecule has 0 N–H and O–H groups in total. The number of benzene rings is 2. The lowest BCUT2D eigenvalue weighted by Gasteiger charge is -2.32. The molecule has 0 fully saturated rings. The molecule has 0 heterocycles. The molecule has 0 atom stereocenters. The van der Waals surface area contributed by atoms with E-state index in [-0.39, 0.29) is 5.41 Å². The summed E-state index contributed by atoms with van der Waals surface area (Å²) in [6, 6.07) is 16.5. The van der Waals surface area contributed by atoms with Crippen LogP contribution in [0.1, 0.15) is 11.1 Å². The van der Waals surface area contributed by atoms with E-state index in [9.17, 15) is 0 Å². The van der Waals surface area contributed by atoms with E-state index in [0.29, 0.717) is 0 Å². The molecule has 0 amide bonds. The van der Waals surface area contributed by atoms with E-state index < -0.39 is 0 Å². The SMILES string of the molecule is Clc1ccccc1C(CBr)(CBr)Cc1cccc(Br)c1. The average molecular weight is 481 g/mol. The number of hydrogen-bond donors (Lipinski definition) is 0. The van der Waals surface area contributed by atoms with Gasteiger partial charge in [0.2, 0.25) is 0 Å². The van der Waals surface area contributed by atoms with Gasteiger partial charge in [0, 0.05) is 25.6 Å². The molecule has 0 aliphatic rings. The van der Waals surface area contributed by atoms with Crippen molar-refractivity contribution >= 4 is 59.4 Å². The second-order valence-electron chi connectivity index (χ2n) is 4.83. The van der Waals surface area contributed by atoms with Gasteiger partial charge in [-0.05, 0) is 35.7 Å². The summed E-state index contributed by atoms with van der Waals surface area (Å²) in [5.74, 6) is 0. The third-order valence-electron chi connectivity index (χ3n) is 3.39. The molecule has 0 spiro atoms. The molecule has 4 heteroatoms. The maximum atomic E-state index is 6.41. The van der Waals surface area contributed by atoms with Crippen LogP contribution in [0.4, 0.5) is 0 Å². The van der Waals surface area contributed by atoms with Crippen LogP contribution in [0.25, 0.3) is 0 Å². The Morgan fingerprint density at radius 2 is 1.65 bits per heavy atom. The van der Waals surface area contributed by atoms with Crippen molar-refractivity contribution in [3.05, 3.63) is 69.2 Å². The molecule has 0 radical (unpaired) electrons. The molecular weight excluding hydrogens is 467 g/mol. The van der Waals surface area contributed by atoms with Crippen LogP contribution < -0.4 is 0 Å². The highest BCUT2D eigenvalue weighted by molar-refractivity contribution is 9.10. The Morgan fingerprint density at radius 3 is 2.25 bits per heavy atom. The summed E-state index contributed by atoms with van der Waals surface area (Å²) in [4.78, 5) is 0. The minimum Gasteiger partial charge on any atom is -0.0918 e. The minimum atomic E-state index is -0.0564. The maximum Gasteiger partial charge on any atom is 0.0444 e. The fourth-order valence-corrected chi connectivity index (χ4v) is 5.01. The zero-order valence-corrected chi connectivity index (χ0v) is 16.3. The highest BCUT2D eigenvalue weighted by Crippen LogP contribution is 2.37. The molecule has 2 aromatic carbocycles. The molecule has 106 valence electrons. The molecule has 20 heavy (non-hydrogen) atoms. The van der Waals surface area contributed by atoms with Crippen molar-refractivity contribution in [3.63, 3.8) is 0 Å². The molecule has 0 saturated heterocycles. The van der Waals surface area contributed by atoms with Crippen LogP contribution in [0, 0.1) is 0 Å². The Kier molecular flexibility index (Phi) is 6.15. The zero-order chi connectivity index (χ0) is 14.6. The van der Waals surface area contributed by atoms with Crippen molar-refractivity contribution in [2.45, 2.75) is 11.8 Å². The van der Waals surface area contributed by atoms with Gasteiger partial charge in [-0.25, -0.2) is 0 Å². The van der Waals surface area contributed by atoms with Crippen molar-refractivity contribution in [1.29, 1.82) is 0 Å². The van der Waals surface area contributed by atoms with E-state index in [1.807, 2.05) is 24.3 Å². The second-order valence-corrected chi connectivity index (χ2v) is 7.28. The van der Waals surface area contributed by atoms with Crippen molar-refractivity contribution < 1.29 is 0 Å². The summed E-state index contributed by atoms with van der Waals surface area (Å²) in [5.41, 5.74) is 2.41. The normalized spacial score (nSPS) is 11.6. The maximum absolute atomic E-state index is 6.41. The van der Waals surface area contributed by atoms with Gasteiger partial charge in [0.15, 0.2) is 0 Å². The largest absolute Gasteiger partial charge is 0.0918 e. The third-order valence-corrected chi connectivity index (χ3v) is 6.36. The number of rotatable bonds is 5. The quantitative estimate of drug-likeness (QED) is 0.435. The topological polar surface area (TPSA) is 0 Å². The van der Waals surface area contributed by atoms with Crippen molar-refractivity contribution in [3.8, 4) is 0 Å². The average Bonchev–Trinajstić information content (AvgIpc) is 2.46. The molecular formula is C16H14Br3Cl. The van der Waals surface area contributed by atoms with Gasteiger partial charge in [-0.2, -0.15) is 0 Å². The molecule has 2 aromatic rings. The Hall–Kier alpha value is 0.170. The molecule has 2 rings (SSSR count). The van der Waals surface area contributed by atoms with Gasteiger partial charge in [-0.15, -0.1) is 0 Å². The van der Waals surface area contributed by atoms with Crippen LogP contribution in [0.2, 0.25) is 5.02 Å². The fourth-order valence-electron chi connectivity index (χ4n) is 2.30. The molecule has 0 aromatic heterocycles. The first kappa shape index (κ1) is 16.5. The van der Waals surface area contributed by atoms with Crippen molar-refractivity contribution in [2.75, 3.05) is 10.7 Å². The number of halogens is 4. The zero-order valence-electron chi connectivity index (χ0n) is 10.8. The van der Waals surface area contributed by atoms with Gasteiger partial charge in [0.1, 0.15) is 0 Å². The number of hydrogen-bond acceptors (Lipinski definition) is 0. The van der Waals surface area contributed by atoms with Gasteiger partial charge in [0.05, 0.1) is 0 Å². The van der Waals surface area contributed by atoms with Crippen LogP contribution >= 0.6 is 59.4 Å². The van der Waals surface area contributed by atoms with Gasteiger partial charge < -0.3 is 0 Å². The van der Waals surface area contributed by atoms with Gasteiger partial charge in [0.25, 0.3) is 0 Å². The fraction of sp³-hybridized carbons (Fsp3) is 0.250. The first-order valence-electron chi connectivity index (χ1n) is 6.23. The van der Waals surface area contributed by atoms with Crippen LogP contribution in [0.5, 0.6) is 0 Å². The standard InChI is InChI=1S/C16H14Br3Cl/c17-10-16(11-18,14-6-1-2-7-15(14)20)9-12-4-3-5-13(19)8-12/h1-8H,9-11H2. The third kappa shape index (κ3) is 3.68. The van der Waals surface area contributed by atoms with Crippen LogP contribution in [-0.4, -0.2) is 10.7 Å². The number of alkyl halides is 2. The predicted octanol–water partition coefficient (Wildman–Crippen LogP) is 6.37. The summed E-state index contributed by atoms with van der Waals surface area (Å²) in [7, 11) is 0. The summed E-state index contributed by atoms with van der Waals surface area (Å²) >= 11 is 17.3. The van der Waals surface area contributed by atoms with Crippen LogP contribution in [0.3, 0.4) is 0 Å². The van der Waals surface area contributed by atoms with Crippen molar-refractivity contribution in [2.24, 2.45) is 0 Å². The lowest BCUT2D eigenvalue weighted by molar-refractivity contribution is 0.551. The molecule has 0 aliphatic carbocycles. The monoisotopic (exact) mass is 478 g/mol. The smallest absolute Gasteiger partial charge is 0.0444 e. The van der Waals surface area contributed by atoms with Gasteiger partial charge >= 0.3 is 0 Å². The van der Waals surface area contributed by atoms with E-state index >= 15 is 0 Å². The molecule has 0 aliphatic heterocycles. The minimum absolute atomic E-state index is 0.0564. The molecule has 0 nitrogen and oxygen atoms in total. The second kappa shape index (κ2) is 7.44. The summed E-state index contributed by atoms with van der Waals surface area (Å²) in [6.07, 6.45) is 0.923. The lowest BCUT2D eigenvalue weighted by Crippen LogP contribution is -2.33. The summed E-state index contributed by atoms with van der Waals surface area (Å²) in [5, 5.41) is 2.52. The molecule has 0 saturated carbocycles. The van der Waals surface area contributed by atoms with Crippen molar-refractivity contribution in [1.82, 2.24) is 0 Å². The van der Waals surface area contributed by atoms with Crippen LogP contribution in [-0.2, 0) is 11.8 Å². The van der Waals surface area contributed by atoms with E-state index in [4.69, 9.17) is 11.6 Å². The highest BCUT2D eigenvalue weighted by atomic mass is 79.9. The first-order valence-corrected chi connectivity index (χ1v) is 9.64. The first-order chi connectivity index (χ1) is 9.61. The summed E-state index contributed by atoms with van der Waals surface area (Å²) < 4.78 is 1.10. The van der Waals surface area contributed by atoms with E-state index in [2.05, 4.69) is 72.1 Å². The molecule has 0 bridgehead atoms. The van der Waals surface area contributed by atoms with Crippen LogP contribution in [0.15, 0.2) is 53.0 Å². The lowest BCUT2D eigenvalue weighted by atomic mass is 9.79. The van der Waals surface area contributed by atoms with Gasteiger partial charge in [-0.3, -0.25) is 0 Å². The Labute approximate surface area is 150 Å². The van der Waals surface area contributed by atoms with E-state index in [1.54, 1.807) is 0 Å². The molecule has 0 unspecified atom stereocenters. The Morgan fingerprint density at radius 1 is 0.950 bits per heavy atom. The van der Waals surface area contributed by atoms with E-state index in [0.717, 1.165) is 26.6 Å². The predicted molar refractivity (Wildman–Crippen MR) is 98.6 cm³/mol. The van der Waals surface area contributed by atoms with Gasteiger partial charge in [-0.1, -0.05) is 89.7 Å². The Bertz CT molecular complexity index is 579. The van der Waals surface area contributed by atoms with E-state index in [1.165, 1.54) is 11.1 Å².